The SMILES string of the molecule is COC(=O)CC[C@H]1O[C@@H]1Cc1ccccc1. The van der Waals surface area contributed by atoms with E-state index >= 15 is 0 Å². The normalized spacial score (nSPS) is 22.8. The lowest BCUT2D eigenvalue weighted by atomic mass is 10.1. The van der Waals surface area contributed by atoms with E-state index in [1.807, 2.05) is 18.2 Å². The Labute approximate surface area is 95.4 Å². The monoisotopic (exact) mass is 220 g/mol. The highest BCUT2D eigenvalue weighted by molar-refractivity contribution is 5.69. The summed E-state index contributed by atoms with van der Waals surface area (Å²) in [7, 11) is 1.41. The number of benzene rings is 1. The maximum Gasteiger partial charge on any atom is 0.305 e. The molecule has 1 aliphatic rings. The van der Waals surface area contributed by atoms with Crippen molar-refractivity contribution in [2.45, 2.75) is 31.5 Å². The number of methoxy groups -OCH3 is 1. The van der Waals surface area contributed by atoms with Crippen molar-refractivity contribution in [3.63, 3.8) is 0 Å². The van der Waals surface area contributed by atoms with Gasteiger partial charge in [-0.05, 0) is 12.0 Å². The zero-order chi connectivity index (χ0) is 11.4. The first kappa shape index (κ1) is 11.1. The van der Waals surface area contributed by atoms with Gasteiger partial charge >= 0.3 is 5.97 Å². The molecule has 2 atom stereocenters. The molecule has 3 nitrogen and oxygen atoms in total. The second-order valence-corrected chi connectivity index (χ2v) is 4.02. The molecule has 0 spiro atoms. The number of carbonyl (C=O) groups excluding carboxylic acids is 1. The minimum Gasteiger partial charge on any atom is -0.469 e. The molecule has 0 bridgehead atoms. The predicted octanol–water partition coefficient (Wildman–Crippen LogP) is 1.95. The predicted molar refractivity (Wildman–Crippen MR) is 60.1 cm³/mol. The lowest BCUT2D eigenvalue weighted by Gasteiger charge is -1.97. The molecule has 1 aliphatic heterocycles. The largest absolute Gasteiger partial charge is 0.469 e. The van der Waals surface area contributed by atoms with Crippen LogP contribution in [0.4, 0.5) is 0 Å². The van der Waals surface area contributed by atoms with Gasteiger partial charge in [0.15, 0.2) is 0 Å². The standard InChI is InChI=1S/C13H16O3/c1-15-13(14)8-7-11-12(16-11)9-10-5-3-2-4-6-10/h2-6,11-12H,7-9H2,1H3/t11-,12-/m1/s1. The second-order valence-electron chi connectivity index (χ2n) is 4.02. The Hall–Kier alpha value is -1.35. The number of esters is 1. The number of rotatable bonds is 5. The third kappa shape index (κ3) is 3.07. The van der Waals surface area contributed by atoms with Crippen molar-refractivity contribution in [3.8, 4) is 0 Å². The Balaban J connectivity index is 1.70. The Morgan fingerprint density at radius 3 is 2.75 bits per heavy atom. The summed E-state index contributed by atoms with van der Waals surface area (Å²) in [6.45, 7) is 0. The third-order valence-electron chi connectivity index (χ3n) is 2.83. The Morgan fingerprint density at radius 1 is 1.31 bits per heavy atom. The molecule has 0 N–H and O–H groups in total. The number of ether oxygens (including phenoxy) is 2. The van der Waals surface area contributed by atoms with Crippen LogP contribution in [0.3, 0.4) is 0 Å². The minimum atomic E-state index is -0.158. The van der Waals surface area contributed by atoms with E-state index in [4.69, 9.17) is 4.74 Å². The molecule has 1 fully saturated rings. The van der Waals surface area contributed by atoms with Gasteiger partial charge in [-0.1, -0.05) is 30.3 Å². The van der Waals surface area contributed by atoms with Crippen LogP contribution >= 0.6 is 0 Å². The topological polar surface area (TPSA) is 38.8 Å². The van der Waals surface area contributed by atoms with E-state index in [1.54, 1.807) is 0 Å². The molecule has 1 heterocycles. The summed E-state index contributed by atoms with van der Waals surface area (Å²) >= 11 is 0. The molecule has 0 saturated carbocycles. The van der Waals surface area contributed by atoms with Crippen molar-refractivity contribution in [1.82, 2.24) is 0 Å². The summed E-state index contributed by atoms with van der Waals surface area (Å²) in [6.07, 6.45) is 2.68. The molecule has 86 valence electrons. The van der Waals surface area contributed by atoms with Crippen LogP contribution in [-0.2, 0) is 20.7 Å². The fraction of sp³-hybridized carbons (Fsp3) is 0.462. The smallest absolute Gasteiger partial charge is 0.305 e. The van der Waals surface area contributed by atoms with Crippen LogP contribution in [-0.4, -0.2) is 25.3 Å². The summed E-state index contributed by atoms with van der Waals surface area (Å²) in [4.78, 5) is 10.9. The molecule has 0 amide bonds. The van der Waals surface area contributed by atoms with Crippen LogP contribution in [0.2, 0.25) is 0 Å². The van der Waals surface area contributed by atoms with Crippen LogP contribution in [0.25, 0.3) is 0 Å². The van der Waals surface area contributed by atoms with Crippen molar-refractivity contribution in [1.29, 1.82) is 0 Å². The van der Waals surface area contributed by atoms with Crippen molar-refractivity contribution in [2.24, 2.45) is 0 Å². The summed E-state index contributed by atoms with van der Waals surface area (Å²) < 4.78 is 10.1. The van der Waals surface area contributed by atoms with Crippen molar-refractivity contribution < 1.29 is 14.3 Å². The van der Waals surface area contributed by atoms with E-state index in [0.29, 0.717) is 6.42 Å². The second kappa shape index (κ2) is 5.12. The number of hydrogen-bond acceptors (Lipinski definition) is 3. The zero-order valence-corrected chi connectivity index (χ0v) is 9.39. The van der Waals surface area contributed by atoms with Gasteiger partial charge in [-0.15, -0.1) is 0 Å². The molecule has 1 aromatic carbocycles. The van der Waals surface area contributed by atoms with Crippen molar-refractivity contribution >= 4 is 5.97 Å². The average molecular weight is 220 g/mol. The molecule has 2 rings (SSSR count). The fourth-order valence-electron chi connectivity index (χ4n) is 1.82. The van der Waals surface area contributed by atoms with Gasteiger partial charge in [-0.25, -0.2) is 0 Å². The van der Waals surface area contributed by atoms with Gasteiger partial charge in [-0.2, -0.15) is 0 Å². The first-order valence-electron chi connectivity index (χ1n) is 5.56. The molecule has 0 radical (unpaired) electrons. The van der Waals surface area contributed by atoms with E-state index < -0.39 is 0 Å². The van der Waals surface area contributed by atoms with E-state index in [9.17, 15) is 4.79 Å². The Kier molecular flexibility index (Phi) is 3.57. The maximum atomic E-state index is 10.9. The van der Waals surface area contributed by atoms with Gasteiger partial charge in [0, 0.05) is 12.8 Å². The number of carbonyl (C=O) groups is 1. The number of epoxide rings is 1. The fourth-order valence-corrected chi connectivity index (χ4v) is 1.82. The summed E-state index contributed by atoms with van der Waals surface area (Å²) in [6, 6.07) is 10.3. The highest BCUT2D eigenvalue weighted by Crippen LogP contribution is 2.29. The van der Waals surface area contributed by atoms with Crippen molar-refractivity contribution in [2.75, 3.05) is 7.11 Å². The summed E-state index contributed by atoms with van der Waals surface area (Å²) in [5.74, 6) is -0.158. The molecule has 16 heavy (non-hydrogen) atoms. The molecular weight excluding hydrogens is 204 g/mol. The zero-order valence-electron chi connectivity index (χ0n) is 9.39. The molecule has 0 aliphatic carbocycles. The third-order valence-corrected chi connectivity index (χ3v) is 2.83. The van der Waals surface area contributed by atoms with Gasteiger partial charge < -0.3 is 9.47 Å². The lowest BCUT2D eigenvalue weighted by molar-refractivity contribution is -0.140. The maximum absolute atomic E-state index is 10.9. The molecule has 3 heteroatoms. The highest BCUT2D eigenvalue weighted by Gasteiger charge is 2.38. The van der Waals surface area contributed by atoms with Crippen LogP contribution < -0.4 is 0 Å². The van der Waals surface area contributed by atoms with Gasteiger partial charge in [0.1, 0.15) is 0 Å². The Morgan fingerprint density at radius 2 is 2.06 bits per heavy atom. The molecular formula is C13H16O3. The van der Waals surface area contributed by atoms with Crippen molar-refractivity contribution in [3.05, 3.63) is 35.9 Å². The quantitative estimate of drug-likeness (QED) is 0.562. The van der Waals surface area contributed by atoms with Gasteiger partial charge in [-0.3, -0.25) is 4.79 Å². The first-order valence-corrected chi connectivity index (χ1v) is 5.56. The average Bonchev–Trinajstić information content (AvgIpc) is 3.06. The van der Waals surface area contributed by atoms with E-state index in [0.717, 1.165) is 12.8 Å². The minimum absolute atomic E-state index is 0.158. The van der Waals surface area contributed by atoms with Gasteiger partial charge in [0.2, 0.25) is 0 Å². The summed E-state index contributed by atoms with van der Waals surface area (Å²) in [5.41, 5.74) is 1.29. The number of hydrogen-bond donors (Lipinski definition) is 0. The van der Waals surface area contributed by atoms with E-state index in [2.05, 4.69) is 16.9 Å². The Bertz CT molecular complexity index is 347. The van der Waals surface area contributed by atoms with Crippen LogP contribution in [0.15, 0.2) is 30.3 Å². The van der Waals surface area contributed by atoms with Gasteiger partial charge in [0.05, 0.1) is 19.3 Å². The van der Waals surface area contributed by atoms with E-state index in [1.165, 1.54) is 12.7 Å². The van der Waals surface area contributed by atoms with Crippen LogP contribution in [0.5, 0.6) is 0 Å². The van der Waals surface area contributed by atoms with E-state index in [-0.39, 0.29) is 18.2 Å². The first-order chi connectivity index (χ1) is 7.79. The summed E-state index contributed by atoms with van der Waals surface area (Å²) in [5, 5.41) is 0. The molecule has 1 aromatic rings. The molecule has 0 unspecified atom stereocenters. The van der Waals surface area contributed by atoms with Crippen LogP contribution in [0.1, 0.15) is 18.4 Å². The van der Waals surface area contributed by atoms with Crippen LogP contribution in [0, 0.1) is 0 Å². The van der Waals surface area contributed by atoms with Gasteiger partial charge in [0.25, 0.3) is 0 Å². The lowest BCUT2D eigenvalue weighted by Crippen LogP contribution is -2.04. The highest BCUT2D eigenvalue weighted by atomic mass is 16.6. The molecule has 0 aromatic heterocycles. The molecule has 1 saturated heterocycles.